The minimum Gasteiger partial charge on any atom is -0.206 e. The lowest BCUT2D eigenvalue weighted by molar-refractivity contribution is -0.142. The van der Waals surface area contributed by atoms with Gasteiger partial charge in [0.1, 0.15) is 11.4 Å². The third kappa shape index (κ3) is 1.76. The Morgan fingerprint density at radius 3 is 2.00 bits per heavy atom. The van der Waals surface area contributed by atoms with Gasteiger partial charge < -0.3 is 0 Å². The van der Waals surface area contributed by atoms with E-state index in [1.807, 2.05) is 0 Å². The molecule has 1 aromatic carbocycles. The third-order valence-corrected chi connectivity index (χ3v) is 1.26. The summed E-state index contributed by atoms with van der Waals surface area (Å²) in [4.78, 5) is 0. The summed E-state index contributed by atoms with van der Waals surface area (Å²) in [6, 6.07) is 1.46. The summed E-state index contributed by atoms with van der Waals surface area (Å²) in [6.07, 6.45) is -5.25. The summed E-state index contributed by atoms with van der Waals surface area (Å²) in [7, 11) is 0. The van der Waals surface area contributed by atoms with Crippen LogP contribution in [-0.4, -0.2) is 0 Å². The summed E-state index contributed by atoms with van der Waals surface area (Å²) in [6.45, 7) is 0. The van der Waals surface area contributed by atoms with E-state index in [0.717, 1.165) is 0 Å². The highest BCUT2D eigenvalue weighted by molar-refractivity contribution is 5.23. The van der Waals surface area contributed by atoms with Gasteiger partial charge in [-0.25, -0.2) is 13.2 Å². The van der Waals surface area contributed by atoms with Gasteiger partial charge in [0, 0.05) is 6.07 Å². The molecule has 0 N–H and O–H groups in total. The van der Waals surface area contributed by atoms with Gasteiger partial charge in [-0.2, -0.15) is 13.2 Å². The Bertz CT molecular complexity index is 326. The minimum atomic E-state index is -5.25. The monoisotopic (exact) mass is 199 g/mol. The van der Waals surface area contributed by atoms with Gasteiger partial charge in [-0.15, -0.1) is 0 Å². The molecule has 0 aliphatic carbocycles. The van der Waals surface area contributed by atoms with Crippen molar-refractivity contribution in [2.24, 2.45) is 0 Å². The molecule has 0 aromatic heterocycles. The predicted molar refractivity (Wildman–Crippen MR) is 30.2 cm³/mol. The van der Waals surface area contributed by atoms with Crippen LogP contribution in [-0.2, 0) is 6.18 Å². The molecule has 1 rings (SSSR count). The molecule has 0 spiro atoms. The molecule has 6 heteroatoms. The highest BCUT2D eigenvalue weighted by Crippen LogP contribution is 2.33. The quantitative estimate of drug-likeness (QED) is 0.445. The first-order chi connectivity index (χ1) is 5.84. The minimum absolute atomic E-state index is 0.0984. The zero-order chi connectivity index (χ0) is 10.2. The molecule has 0 heterocycles. The van der Waals surface area contributed by atoms with Gasteiger partial charge in [-0.3, -0.25) is 0 Å². The normalized spacial score (nSPS) is 11.8. The van der Waals surface area contributed by atoms with Gasteiger partial charge in [0.25, 0.3) is 0 Å². The van der Waals surface area contributed by atoms with E-state index in [2.05, 4.69) is 0 Å². The van der Waals surface area contributed by atoms with E-state index in [-0.39, 0.29) is 6.07 Å². The molecule has 0 unspecified atom stereocenters. The molecule has 0 bridgehead atoms. The standard InChI is InChI=1S/C7HF6/c8-3-1-2-4(9)6(10)5(3)7(11,12)13/h1H. The Hall–Kier alpha value is -1.20. The maximum Gasteiger partial charge on any atom is 0.422 e. The zero-order valence-electron chi connectivity index (χ0n) is 5.85. The van der Waals surface area contributed by atoms with Crippen molar-refractivity contribution in [3.8, 4) is 0 Å². The second-order valence-electron chi connectivity index (χ2n) is 2.14. The van der Waals surface area contributed by atoms with Crippen molar-refractivity contribution in [2.45, 2.75) is 6.18 Å². The van der Waals surface area contributed by atoms with Crippen molar-refractivity contribution in [1.29, 1.82) is 0 Å². The van der Waals surface area contributed by atoms with Crippen LogP contribution in [0.3, 0.4) is 0 Å². The molecule has 0 amide bonds. The molecule has 0 nitrogen and oxygen atoms in total. The third-order valence-electron chi connectivity index (χ3n) is 1.26. The number of rotatable bonds is 0. The first-order valence-electron chi connectivity index (χ1n) is 2.96. The molecular formula is C7HF6. The molecule has 0 saturated heterocycles. The summed E-state index contributed by atoms with van der Waals surface area (Å²) in [5, 5.41) is 0. The number of alkyl halides is 3. The maximum atomic E-state index is 12.4. The SMILES string of the molecule is Fc1[c]cc(F)c(C(F)(F)F)c1F. The first kappa shape index (κ1) is 9.88. The molecule has 1 aromatic rings. The van der Waals surface area contributed by atoms with Crippen molar-refractivity contribution in [3.63, 3.8) is 0 Å². The molecule has 0 saturated carbocycles. The van der Waals surface area contributed by atoms with Crippen LogP contribution in [0.15, 0.2) is 6.07 Å². The summed E-state index contributed by atoms with van der Waals surface area (Å²) >= 11 is 0. The number of hydrogen-bond donors (Lipinski definition) is 0. The highest BCUT2D eigenvalue weighted by atomic mass is 19.4. The molecule has 71 valence electrons. The molecule has 1 radical (unpaired) electrons. The number of hydrogen-bond acceptors (Lipinski definition) is 0. The van der Waals surface area contributed by atoms with Gasteiger partial charge in [0.2, 0.25) is 0 Å². The number of halogens is 6. The molecule has 0 aliphatic heterocycles. The molecule has 0 aliphatic rings. The summed E-state index contributed by atoms with van der Waals surface area (Å²) in [5.74, 6) is -6.01. The smallest absolute Gasteiger partial charge is 0.206 e. The van der Waals surface area contributed by atoms with E-state index in [1.54, 1.807) is 0 Å². The molecule has 13 heavy (non-hydrogen) atoms. The first-order valence-corrected chi connectivity index (χ1v) is 2.96. The van der Waals surface area contributed by atoms with E-state index < -0.39 is 29.2 Å². The summed E-state index contributed by atoms with van der Waals surface area (Å²) in [5.41, 5.74) is -2.23. The highest BCUT2D eigenvalue weighted by Gasteiger charge is 2.38. The van der Waals surface area contributed by atoms with Gasteiger partial charge in [-0.1, -0.05) is 0 Å². The van der Waals surface area contributed by atoms with Crippen LogP contribution in [0.25, 0.3) is 0 Å². The Kier molecular flexibility index (Phi) is 2.23. The van der Waals surface area contributed by atoms with Gasteiger partial charge >= 0.3 is 6.18 Å². The molecule has 0 atom stereocenters. The van der Waals surface area contributed by atoms with Crippen molar-refractivity contribution in [2.75, 3.05) is 0 Å². The van der Waals surface area contributed by atoms with Crippen LogP contribution in [0.2, 0.25) is 0 Å². The van der Waals surface area contributed by atoms with Gasteiger partial charge in [-0.05, 0) is 6.07 Å². The van der Waals surface area contributed by atoms with Crippen molar-refractivity contribution >= 4 is 0 Å². The van der Waals surface area contributed by atoms with E-state index in [1.165, 1.54) is 6.07 Å². The second-order valence-corrected chi connectivity index (χ2v) is 2.14. The average Bonchev–Trinajstić information content (AvgIpc) is 1.95. The Morgan fingerprint density at radius 2 is 1.62 bits per heavy atom. The largest absolute Gasteiger partial charge is 0.422 e. The average molecular weight is 199 g/mol. The van der Waals surface area contributed by atoms with E-state index in [9.17, 15) is 26.3 Å². The molecular weight excluding hydrogens is 198 g/mol. The van der Waals surface area contributed by atoms with Crippen LogP contribution in [0.4, 0.5) is 26.3 Å². The fourth-order valence-electron chi connectivity index (χ4n) is 0.737. The fraction of sp³-hybridized carbons (Fsp3) is 0.143. The van der Waals surface area contributed by atoms with Crippen LogP contribution in [0.1, 0.15) is 5.56 Å². The Balaban J connectivity index is 3.43. The van der Waals surface area contributed by atoms with E-state index >= 15 is 0 Å². The topological polar surface area (TPSA) is 0 Å². The lowest BCUT2D eigenvalue weighted by Gasteiger charge is -2.08. The Morgan fingerprint density at radius 1 is 1.08 bits per heavy atom. The Labute approximate surface area is 68.8 Å². The lowest BCUT2D eigenvalue weighted by Crippen LogP contribution is -2.12. The van der Waals surface area contributed by atoms with Crippen LogP contribution >= 0.6 is 0 Å². The number of benzene rings is 1. The molecule has 0 fully saturated rings. The second kappa shape index (κ2) is 2.93. The summed E-state index contributed by atoms with van der Waals surface area (Å²) < 4.78 is 72.4. The lowest BCUT2D eigenvalue weighted by atomic mass is 10.2. The predicted octanol–water partition coefficient (Wildman–Crippen LogP) is 2.92. The van der Waals surface area contributed by atoms with E-state index in [4.69, 9.17) is 0 Å². The van der Waals surface area contributed by atoms with Gasteiger partial charge in [0.15, 0.2) is 11.6 Å². The van der Waals surface area contributed by atoms with Crippen molar-refractivity contribution in [3.05, 3.63) is 35.1 Å². The van der Waals surface area contributed by atoms with E-state index in [0.29, 0.717) is 0 Å². The van der Waals surface area contributed by atoms with Crippen LogP contribution in [0, 0.1) is 23.5 Å². The van der Waals surface area contributed by atoms with Crippen molar-refractivity contribution < 1.29 is 26.3 Å². The van der Waals surface area contributed by atoms with Gasteiger partial charge in [0.05, 0.1) is 0 Å². The maximum absolute atomic E-state index is 12.4. The fourth-order valence-corrected chi connectivity index (χ4v) is 0.737. The van der Waals surface area contributed by atoms with Crippen molar-refractivity contribution in [1.82, 2.24) is 0 Å². The van der Waals surface area contributed by atoms with Crippen LogP contribution < -0.4 is 0 Å². The zero-order valence-corrected chi connectivity index (χ0v) is 5.85. The van der Waals surface area contributed by atoms with Crippen LogP contribution in [0.5, 0.6) is 0 Å².